The van der Waals surface area contributed by atoms with Gasteiger partial charge in [0.25, 0.3) is 0 Å². The summed E-state index contributed by atoms with van der Waals surface area (Å²) in [6, 6.07) is 12.2. The van der Waals surface area contributed by atoms with Gasteiger partial charge in [0.1, 0.15) is 11.4 Å². The average Bonchev–Trinajstić information content (AvgIpc) is 2.47. The van der Waals surface area contributed by atoms with Gasteiger partial charge in [-0.3, -0.25) is 0 Å². The van der Waals surface area contributed by atoms with Gasteiger partial charge in [0.2, 0.25) is 0 Å². The lowest BCUT2D eigenvalue weighted by molar-refractivity contribution is 0.0728. The van der Waals surface area contributed by atoms with Crippen molar-refractivity contribution >= 4 is 12.2 Å². The molecule has 5 heteroatoms. The molecule has 1 heterocycles. The maximum atomic E-state index is 11.8. The van der Waals surface area contributed by atoms with Crippen molar-refractivity contribution in [3.05, 3.63) is 59.9 Å². The molecule has 0 saturated carbocycles. The number of rotatable bonds is 4. The number of hydrogen-bond donors (Lipinski definition) is 0. The highest BCUT2D eigenvalue weighted by Gasteiger charge is 2.08. The Morgan fingerprint density at radius 1 is 1.20 bits per heavy atom. The molecule has 0 bridgehead atoms. The quantitative estimate of drug-likeness (QED) is 0.369. The topological polar surface area (TPSA) is 54.8 Å². The van der Waals surface area contributed by atoms with E-state index in [-0.39, 0.29) is 5.69 Å². The van der Waals surface area contributed by atoms with E-state index in [0.29, 0.717) is 5.75 Å². The lowest BCUT2D eigenvalue weighted by Crippen LogP contribution is -2.10. The summed E-state index contributed by atoms with van der Waals surface area (Å²) in [5.41, 5.74) is 1.21. The SMILES string of the molecule is CN(C)N=Cc1ccc(OC(=O)c2ccccn2)cc1. The molecule has 0 aliphatic heterocycles. The minimum absolute atomic E-state index is 0.283. The van der Waals surface area contributed by atoms with Crippen molar-refractivity contribution in [2.75, 3.05) is 14.1 Å². The van der Waals surface area contributed by atoms with Gasteiger partial charge in [-0.15, -0.1) is 0 Å². The van der Waals surface area contributed by atoms with E-state index in [1.165, 1.54) is 0 Å². The number of aromatic nitrogens is 1. The van der Waals surface area contributed by atoms with Crippen LogP contribution in [0.3, 0.4) is 0 Å². The van der Waals surface area contributed by atoms with Crippen LogP contribution in [0.5, 0.6) is 5.75 Å². The van der Waals surface area contributed by atoms with Gasteiger partial charge in [-0.05, 0) is 42.0 Å². The fraction of sp³-hybridized carbons (Fsp3) is 0.133. The maximum Gasteiger partial charge on any atom is 0.362 e. The predicted octanol–water partition coefficient (Wildman–Crippen LogP) is 2.20. The number of nitrogens with zero attached hydrogens (tertiary/aromatic N) is 3. The van der Waals surface area contributed by atoms with E-state index in [1.54, 1.807) is 47.8 Å². The van der Waals surface area contributed by atoms with Crippen molar-refractivity contribution in [3.63, 3.8) is 0 Å². The molecule has 0 atom stereocenters. The van der Waals surface area contributed by atoms with E-state index in [1.807, 2.05) is 26.2 Å². The summed E-state index contributed by atoms with van der Waals surface area (Å²) in [4.78, 5) is 15.7. The van der Waals surface area contributed by atoms with Crippen LogP contribution in [0, 0.1) is 0 Å². The molecule has 5 nitrogen and oxygen atoms in total. The second kappa shape index (κ2) is 6.47. The number of esters is 1. The number of hydrazone groups is 1. The first-order chi connectivity index (χ1) is 9.65. The van der Waals surface area contributed by atoms with E-state index in [0.717, 1.165) is 5.56 Å². The molecule has 0 aliphatic carbocycles. The van der Waals surface area contributed by atoms with Gasteiger partial charge in [0.05, 0.1) is 6.21 Å². The van der Waals surface area contributed by atoms with E-state index in [2.05, 4.69) is 10.1 Å². The summed E-state index contributed by atoms with van der Waals surface area (Å²) in [6.07, 6.45) is 3.28. The summed E-state index contributed by atoms with van der Waals surface area (Å²) in [5.74, 6) is 0.00275. The Kier molecular flexibility index (Phi) is 4.44. The molecule has 0 radical (unpaired) electrons. The number of hydrogen-bond acceptors (Lipinski definition) is 5. The normalized spacial score (nSPS) is 10.5. The van der Waals surface area contributed by atoms with Crippen molar-refractivity contribution < 1.29 is 9.53 Å². The highest BCUT2D eigenvalue weighted by atomic mass is 16.5. The van der Waals surface area contributed by atoms with Crippen LogP contribution in [-0.2, 0) is 0 Å². The van der Waals surface area contributed by atoms with Gasteiger partial charge >= 0.3 is 5.97 Å². The smallest absolute Gasteiger partial charge is 0.362 e. The molecule has 1 aromatic carbocycles. The van der Waals surface area contributed by atoms with Crippen LogP contribution < -0.4 is 4.74 Å². The molecule has 0 unspecified atom stereocenters. The Bertz CT molecular complexity index is 592. The highest BCUT2D eigenvalue weighted by Crippen LogP contribution is 2.13. The van der Waals surface area contributed by atoms with E-state index >= 15 is 0 Å². The number of ether oxygens (including phenoxy) is 1. The maximum absolute atomic E-state index is 11.8. The number of carbonyl (C=O) groups excluding carboxylic acids is 1. The first-order valence-corrected chi connectivity index (χ1v) is 6.10. The third-order valence-electron chi connectivity index (χ3n) is 2.40. The Morgan fingerprint density at radius 2 is 1.95 bits per heavy atom. The van der Waals surface area contributed by atoms with Crippen LogP contribution in [0.1, 0.15) is 16.1 Å². The summed E-state index contributed by atoms with van der Waals surface area (Å²) in [6.45, 7) is 0. The number of carbonyl (C=O) groups is 1. The number of pyridine rings is 1. The Morgan fingerprint density at radius 3 is 2.55 bits per heavy atom. The van der Waals surface area contributed by atoms with Gasteiger partial charge in [0, 0.05) is 20.3 Å². The van der Waals surface area contributed by atoms with Crippen molar-refractivity contribution in [1.29, 1.82) is 0 Å². The molecule has 0 saturated heterocycles. The zero-order valence-electron chi connectivity index (χ0n) is 11.4. The summed E-state index contributed by atoms with van der Waals surface area (Å²) < 4.78 is 5.22. The van der Waals surface area contributed by atoms with Gasteiger partial charge < -0.3 is 9.75 Å². The van der Waals surface area contributed by atoms with Crippen molar-refractivity contribution in [2.45, 2.75) is 0 Å². The third-order valence-corrected chi connectivity index (χ3v) is 2.40. The van der Waals surface area contributed by atoms with E-state index in [4.69, 9.17) is 4.74 Å². The Balaban J connectivity index is 2.02. The van der Waals surface area contributed by atoms with Crippen LogP contribution in [0.4, 0.5) is 0 Å². The average molecular weight is 269 g/mol. The highest BCUT2D eigenvalue weighted by molar-refractivity contribution is 5.89. The molecule has 0 N–H and O–H groups in total. The predicted molar refractivity (Wildman–Crippen MR) is 76.9 cm³/mol. The molecule has 2 rings (SSSR count). The van der Waals surface area contributed by atoms with Crippen LogP contribution in [0.2, 0.25) is 0 Å². The van der Waals surface area contributed by atoms with Crippen molar-refractivity contribution in [3.8, 4) is 5.75 Å². The molecule has 1 aromatic heterocycles. The molecule has 0 spiro atoms. The minimum atomic E-state index is -0.472. The monoisotopic (exact) mass is 269 g/mol. The standard InChI is InChI=1S/C15H15N3O2/c1-18(2)17-11-12-6-8-13(9-7-12)20-15(19)14-5-3-4-10-16-14/h3-11H,1-2H3. The van der Waals surface area contributed by atoms with Gasteiger partial charge in [-0.25, -0.2) is 9.78 Å². The summed E-state index contributed by atoms with van der Waals surface area (Å²) in [5, 5.41) is 5.83. The molecule has 0 aliphatic rings. The molecular formula is C15H15N3O2. The molecule has 0 amide bonds. The van der Waals surface area contributed by atoms with Gasteiger partial charge in [-0.1, -0.05) is 6.07 Å². The lowest BCUT2D eigenvalue weighted by Gasteiger charge is -2.04. The Labute approximate surface area is 117 Å². The molecule has 2 aromatic rings. The fourth-order valence-electron chi connectivity index (χ4n) is 1.45. The zero-order valence-corrected chi connectivity index (χ0v) is 11.4. The summed E-state index contributed by atoms with van der Waals surface area (Å²) >= 11 is 0. The first kappa shape index (κ1) is 13.7. The van der Waals surface area contributed by atoms with Crippen LogP contribution in [0.25, 0.3) is 0 Å². The fourth-order valence-corrected chi connectivity index (χ4v) is 1.45. The first-order valence-electron chi connectivity index (χ1n) is 6.10. The van der Waals surface area contributed by atoms with Crippen molar-refractivity contribution in [2.24, 2.45) is 5.10 Å². The second-order valence-electron chi connectivity index (χ2n) is 4.27. The van der Waals surface area contributed by atoms with Crippen LogP contribution in [0.15, 0.2) is 53.8 Å². The lowest BCUT2D eigenvalue weighted by atomic mass is 10.2. The van der Waals surface area contributed by atoms with Crippen molar-refractivity contribution in [1.82, 2.24) is 9.99 Å². The molecule has 0 fully saturated rings. The zero-order chi connectivity index (χ0) is 14.4. The van der Waals surface area contributed by atoms with Crippen LogP contribution in [-0.4, -0.2) is 36.3 Å². The molecule has 102 valence electrons. The second-order valence-corrected chi connectivity index (χ2v) is 4.27. The van der Waals surface area contributed by atoms with Crippen LogP contribution >= 0.6 is 0 Å². The minimum Gasteiger partial charge on any atom is -0.422 e. The van der Waals surface area contributed by atoms with E-state index < -0.39 is 5.97 Å². The van der Waals surface area contributed by atoms with E-state index in [9.17, 15) is 4.79 Å². The Hall–Kier alpha value is -2.69. The molecule has 20 heavy (non-hydrogen) atoms. The molecular weight excluding hydrogens is 254 g/mol. The van der Waals surface area contributed by atoms with Gasteiger partial charge in [-0.2, -0.15) is 5.10 Å². The number of benzene rings is 1. The summed E-state index contributed by atoms with van der Waals surface area (Å²) in [7, 11) is 3.69. The third kappa shape index (κ3) is 3.91. The van der Waals surface area contributed by atoms with Gasteiger partial charge in [0.15, 0.2) is 0 Å². The largest absolute Gasteiger partial charge is 0.422 e.